The summed E-state index contributed by atoms with van der Waals surface area (Å²) in [4.78, 5) is 0. The summed E-state index contributed by atoms with van der Waals surface area (Å²) in [5.41, 5.74) is 0. The fourth-order valence-corrected chi connectivity index (χ4v) is 1.95. The monoisotopic (exact) mass is 217 g/mol. The van der Waals surface area contributed by atoms with E-state index in [0.29, 0.717) is 19.5 Å². The summed E-state index contributed by atoms with van der Waals surface area (Å²) >= 11 is 0. The molecule has 0 rings (SSSR count). The third kappa shape index (κ3) is 12.3. The van der Waals surface area contributed by atoms with Crippen LogP contribution in [0, 0.1) is 0 Å². The van der Waals surface area contributed by atoms with Crippen molar-refractivity contribution in [3.63, 3.8) is 0 Å². The molecular formula is C8H19NO2Si2. The summed E-state index contributed by atoms with van der Waals surface area (Å²) in [7, 11) is 4.86. The zero-order valence-corrected chi connectivity index (χ0v) is 10.6. The van der Waals surface area contributed by atoms with Gasteiger partial charge in [0.1, 0.15) is 0 Å². The highest BCUT2D eigenvalue weighted by Gasteiger charge is 1.91. The maximum absolute atomic E-state index is 4.99. The van der Waals surface area contributed by atoms with Crippen LogP contribution in [0.4, 0.5) is 0 Å². The van der Waals surface area contributed by atoms with Crippen molar-refractivity contribution >= 4 is 19.5 Å². The molecule has 0 unspecified atom stereocenters. The maximum atomic E-state index is 4.99. The molecule has 0 fully saturated rings. The molecule has 5 heteroatoms. The van der Waals surface area contributed by atoms with Gasteiger partial charge in [0.2, 0.25) is 19.5 Å². The number of hydrogen-bond donors (Lipinski definition) is 1. The van der Waals surface area contributed by atoms with Crippen molar-refractivity contribution < 1.29 is 8.85 Å². The van der Waals surface area contributed by atoms with Gasteiger partial charge in [0.15, 0.2) is 0 Å². The zero-order chi connectivity index (χ0) is 9.78. The maximum Gasteiger partial charge on any atom is 0.229 e. The zero-order valence-electron chi connectivity index (χ0n) is 8.56. The summed E-state index contributed by atoms with van der Waals surface area (Å²) in [5.74, 6) is 0. The van der Waals surface area contributed by atoms with E-state index in [2.05, 4.69) is 5.32 Å². The fourth-order valence-electron chi connectivity index (χ4n) is 0.900. The van der Waals surface area contributed by atoms with Crippen molar-refractivity contribution in [1.82, 2.24) is 5.32 Å². The van der Waals surface area contributed by atoms with Crippen molar-refractivity contribution in [2.45, 2.75) is 24.9 Å². The van der Waals surface area contributed by atoms with Crippen molar-refractivity contribution in [2.75, 3.05) is 27.3 Å². The van der Waals surface area contributed by atoms with Crippen LogP contribution in [0.2, 0.25) is 12.1 Å². The van der Waals surface area contributed by atoms with Crippen LogP contribution in [-0.2, 0) is 8.85 Å². The average Bonchev–Trinajstić information content (AvgIpc) is 2.16. The first-order valence-electron chi connectivity index (χ1n) is 4.64. The highest BCUT2D eigenvalue weighted by molar-refractivity contribution is 6.27. The first-order chi connectivity index (χ1) is 6.41. The molecule has 0 bridgehead atoms. The van der Waals surface area contributed by atoms with E-state index in [1.165, 1.54) is 24.9 Å². The largest absolute Gasteiger partial charge is 0.421 e. The quantitative estimate of drug-likeness (QED) is 0.432. The molecule has 0 spiro atoms. The van der Waals surface area contributed by atoms with E-state index in [1.807, 2.05) is 0 Å². The molecule has 0 aromatic carbocycles. The van der Waals surface area contributed by atoms with Crippen molar-refractivity contribution in [1.29, 1.82) is 0 Å². The Morgan fingerprint density at radius 3 is 1.77 bits per heavy atom. The van der Waals surface area contributed by atoms with Crippen LogP contribution in [0.25, 0.3) is 0 Å². The number of nitrogens with one attached hydrogen (secondary N) is 1. The molecule has 0 aromatic rings. The van der Waals surface area contributed by atoms with Gasteiger partial charge in [-0.2, -0.15) is 0 Å². The van der Waals surface area contributed by atoms with E-state index >= 15 is 0 Å². The molecule has 4 radical (unpaired) electrons. The Balaban J connectivity index is 2.76. The van der Waals surface area contributed by atoms with Gasteiger partial charge in [-0.1, -0.05) is 0 Å². The Bertz CT molecular complexity index is 86.2. The highest BCUT2D eigenvalue weighted by atomic mass is 28.2. The first kappa shape index (κ1) is 13.3. The molecule has 3 nitrogen and oxygen atoms in total. The Kier molecular flexibility index (Phi) is 12.6. The normalized spacial score (nSPS) is 10.6. The molecular weight excluding hydrogens is 198 g/mol. The lowest BCUT2D eigenvalue weighted by Crippen LogP contribution is -2.17. The lowest BCUT2D eigenvalue weighted by atomic mass is 10.4. The fraction of sp³-hybridized carbons (Fsp3) is 1.00. The van der Waals surface area contributed by atoms with Gasteiger partial charge in [0.25, 0.3) is 0 Å². The molecule has 76 valence electrons. The summed E-state index contributed by atoms with van der Waals surface area (Å²) in [6.45, 7) is 2.24. The lowest BCUT2D eigenvalue weighted by molar-refractivity contribution is 0.437. The molecule has 0 aliphatic rings. The van der Waals surface area contributed by atoms with Crippen LogP contribution in [0.3, 0.4) is 0 Å². The smallest absolute Gasteiger partial charge is 0.229 e. The van der Waals surface area contributed by atoms with Gasteiger partial charge in [-0.15, -0.1) is 0 Å². The van der Waals surface area contributed by atoms with Gasteiger partial charge < -0.3 is 14.2 Å². The van der Waals surface area contributed by atoms with E-state index in [4.69, 9.17) is 8.85 Å². The van der Waals surface area contributed by atoms with E-state index in [-0.39, 0.29) is 0 Å². The molecule has 0 saturated heterocycles. The Morgan fingerprint density at radius 2 is 1.38 bits per heavy atom. The van der Waals surface area contributed by atoms with Crippen molar-refractivity contribution in [3.05, 3.63) is 0 Å². The second-order valence-corrected chi connectivity index (χ2v) is 5.05. The van der Waals surface area contributed by atoms with Crippen LogP contribution in [0.1, 0.15) is 12.8 Å². The van der Waals surface area contributed by atoms with E-state index in [1.54, 1.807) is 14.2 Å². The van der Waals surface area contributed by atoms with Crippen LogP contribution in [0.15, 0.2) is 0 Å². The molecule has 0 aliphatic heterocycles. The minimum absolute atomic E-state index is 0.668. The highest BCUT2D eigenvalue weighted by Crippen LogP contribution is 1.89. The Labute approximate surface area is 86.5 Å². The molecule has 0 aliphatic carbocycles. The van der Waals surface area contributed by atoms with Crippen LogP contribution in [0.5, 0.6) is 0 Å². The second-order valence-electron chi connectivity index (χ2n) is 2.65. The van der Waals surface area contributed by atoms with Gasteiger partial charge in [0.05, 0.1) is 0 Å². The summed E-state index contributed by atoms with van der Waals surface area (Å²) in [6.07, 6.45) is 2.44. The third-order valence-corrected chi connectivity index (χ3v) is 3.25. The minimum atomic E-state index is 0.668. The predicted octanol–water partition coefficient (Wildman–Crippen LogP) is 0.724. The van der Waals surface area contributed by atoms with Crippen molar-refractivity contribution in [2.24, 2.45) is 0 Å². The van der Waals surface area contributed by atoms with Gasteiger partial charge in [-0.05, 0) is 38.0 Å². The molecule has 0 amide bonds. The van der Waals surface area contributed by atoms with Crippen LogP contribution >= 0.6 is 0 Å². The standard InChI is InChI=1S/C8H19NO2Si2/c1-10-12-7-3-5-9-6-4-8-13-11-2/h9H,3-8H2,1-2H3. The Hall–Kier alpha value is 0.314. The van der Waals surface area contributed by atoms with Gasteiger partial charge in [-0.25, -0.2) is 0 Å². The molecule has 0 atom stereocenters. The molecule has 1 N–H and O–H groups in total. The number of rotatable bonds is 10. The Morgan fingerprint density at radius 1 is 0.923 bits per heavy atom. The van der Waals surface area contributed by atoms with E-state index in [9.17, 15) is 0 Å². The molecule has 0 aromatic heterocycles. The van der Waals surface area contributed by atoms with E-state index in [0.717, 1.165) is 13.1 Å². The van der Waals surface area contributed by atoms with Crippen LogP contribution in [-0.4, -0.2) is 46.8 Å². The molecule has 13 heavy (non-hydrogen) atoms. The predicted molar refractivity (Wildman–Crippen MR) is 57.2 cm³/mol. The minimum Gasteiger partial charge on any atom is -0.421 e. The summed E-state index contributed by atoms with van der Waals surface area (Å²) < 4.78 is 9.97. The average molecular weight is 217 g/mol. The van der Waals surface area contributed by atoms with Gasteiger partial charge in [-0.3, -0.25) is 0 Å². The number of hydrogen-bond acceptors (Lipinski definition) is 3. The van der Waals surface area contributed by atoms with Crippen molar-refractivity contribution in [3.8, 4) is 0 Å². The van der Waals surface area contributed by atoms with E-state index < -0.39 is 0 Å². The summed E-state index contributed by atoms with van der Waals surface area (Å²) in [5, 5.41) is 3.40. The first-order valence-corrected chi connectivity index (χ1v) is 6.87. The lowest BCUT2D eigenvalue weighted by Gasteiger charge is -2.02. The summed E-state index contributed by atoms with van der Waals surface area (Å²) in [6, 6.07) is 2.37. The molecule has 0 saturated carbocycles. The van der Waals surface area contributed by atoms with Gasteiger partial charge in [0, 0.05) is 14.2 Å². The molecule has 0 heterocycles. The van der Waals surface area contributed by atoms with Gasteiger partial charge >= 0.3 is 0 Å². The third-order valence-electron chi connectivity index (χ3n) is 1.55. The second kappa shape index (κ2) is 12.3. The SMILES string of the molecule is CO[Si]CCCNCCC[Si]OC. The van der Waals surface area contributed by atoms with Crippen LogP contribution < -0.4 is 5.32 Å². The topological polar surface area (TPSA) is 30.5 Å².